The summed E-state index contributed by atoms with van der Waals surface area (Å²) in [5, 5.41) is 0. The van der Waals surface area contributed by atoms with Gasteiger partial charge in [0.25, 0.3) is 0 Å². The highest BCUT2D eigenvalue weighted by molar-refractivity contribution is 7.89. The standard InChI is InChI=1S/C20H24N4O2S/c1-3-16-6-8-18(9-7-16)27(25,26)23-13-10-17(11-14-23)24-15(2)22-19-5-4-12-21-20(19)24/h4-9,12,17H,3,10-11,13-14H2,1-2H3. The van der Waals surface area contributed by atoms with Crippen LogP contribution in [0.5, 0.6) is 0 Å². The number of nitrogens with zero attached hydrogens (tertiary/aromatic N) is 4. The second-order valence-corrected chi connectivity index (χ2v) is 8.95. The Morgan fingerprint density at radius 1 is 1.11 bits per heavy atom. The van der Waals surface area contributed by atoms with E-state index >= 15 is 0 Å². The van der Waals surface area contributed by atoms with Gasteiger partial charge in [0.15, 0.2) is 5.65 Å². The van der Waals surface area contributed by atoms with E-state index in [4.69, 9.17) is 0 Å². The van der Waals surface area contributed by atoms with Gasteiger partial charge in [0, 0.05) is 25.3 Å². The van der Waals surface area contributed by atoms with Gasteiger partial charge in [0.1, 0.15) is 11.3 Å². The molecule has 27 heavy (non-hydrogen) atoms. The second-order valence-electron chi connectivity index (χ2n) is 7.01. The van der Waals surface area contributed by atoms with Crippen LogP contribution in [-0.4, -0.2) is 40.3 Å². The Labute approximate surface area is 159 Å². The van der Waals surface area contributed by atoms with Crippen molar-refractivity contribution in [2.75, 3.05) is 13.1 Å². The fourth-order valence-corrected chi connectivity index (χ4v) is 5.34. The fraction of sp³-hybridized carbons (Fsp3) is 0.400. The van der Waals surface area contributed by atoms with Gasteiger partial charge >= 0.3 is 0 Å². The third kappa shape index (κ3) is 3.26. The molecule has 0 amide bonds. The van der Waals surface area contributed by atoms with Crippen LogP contribution in [-0.2, 0) is 16.4 Å². The Morgan fingerprint density at radius 2 is 1.81 bits per heavy atom. The zero-order valence-corrected chi connectivity index (χ0v) is 16.5. The van der Waals surface area contributed by atoms with Gasteiger partial charge in [0.2, 0.25) is 10.0 Å². The van der Waals surface area contributed by atoms with E-state index in [0.717, 1.165) is 41.8 Å². The first-order valence-corrected chi connectivity index (χ1v) is 10.8. The van der Waals surface area contributed by atoms with Crippen molar-refractivity contribution in [3.8, 4) is 0 Å². The number of benzene rings is 1. The third-order valence-corrected chi connectivity index (χ3v) is 7.30. The maximum absolute atomic E-state index is 13.0. The largest absolute Gasteiger partial charge is 0.310 e. The molecule has 6 nitrogen and oxygen atoms in total. The number of fused-ring (bicyclic) bond motifs is 1. The topological polar surface area (TPSA) is 68.1 Å². The number of aromatic nitrogens is 3. The van der Waals surface area contributed by atoms with Crippen LogP contribution >= 0.6 is 0 Å². The maximum atomic E-state index is 13.0. The number of hydrogen-bond donors (Lipinski definition) is 0. The number of rotatable bonds is 4. The second kappa shape index (κ2) is 7.05. The van der Waals surface area contributed by atoms with E-state index < -0.39 is 10.0 Å². The first kappa shape index (κ1) is 18.1. The van der Waals surface area contributed by atoms with E-state index in [1.807, 2.05) is 31.2 Å². The van der Waals surface area contributed by atoms with Crippen LogP contribution in [0.1, 0.15) is 37.2 Å². The molecule has 1 fully saturated rings. The molecule has 1 saturated heterocycles. The predicted octanol–water partition coefficient (Wildman–Crippen LogP) is 3.33. The Morgan fingerprint density at radius 3 is 2.48 bits per heavy atom. The van der Waals surface area contributed by atoms with E-state index in [2.05, 4.69) is 21.5 Å². The molecule has 3 heterocycles. The van der Waals surface area contributed by atoms with E-state index in [1.165, 1.54) is 0 Å². The average molecular weight is 385 g/mol. The minimum absolute atomic E-state index is 0.221. The number of pyridine rings is 1. The van der Waals surface area contributed by atoms with E-state index in [0.29, 0.717) is 18.0 Å². The molecule has 0 spiro atoms. The highest BCUT2D eigenvalue weighted by atomic mass is 32.2. The summed E-state index contributed by atoms with van der Waals surface area (Å²) in [5.74, 6) is 0.931. The normalized spacial score (nSPS) is 16.8. The summed E-state index contributed by atoms with van der Waals surface area (Å²) < 4.78 is 29.7. The summed E-state index contributed by atoms with van der Waals surface area (Å²) in [4.78, 5) is 9.44. The first-order chi connectivity index (χ1) is 13.0. The van der Waals surface area contributed by atoms with E-state index in [1.54, 1.807) is 22.6 Å². The van der Waals surface area contributed by atoms with Gasteiger partial charge in [-0.3, -0.25) is 0 Å². The van der Waals surface area contributed by atoms with Crippen LogP contribution in [0.3, 0.4) is 0 Å². The molecule has 0 N–H and O–H groups in total. The lowest BCUT2D eigenvalue weighted by atomic mass is 10.1. The van der Waals surface area contributed by atoms with Gasteiger partial charge in [-0.15, -0.1) is 0 Å². The molecule has 142 valence electrons. The van der Waals surface area contributed by atoms with Crippen molar-refractivity contribution in [1.29, 1.82) is 0 Å². The summed E-state index contributed by atoms with van der Waals surface area (Å²) in [6.07, 6.45) is 4.20. The van der Waals surface area contributed by atoms with Crippen molar-refractivity contribution in [2.45, 2.75) is 44.0 Å². The van der Waals surface area contributed by atoms with Crippen molar-refractivity contribution in [1.82, 2.24) is 18.8 Å². The lowest BCUT2D eigenvalue weighted by Crippen LogP contribution is -2.39. The molecule has 0 aliphatic carbocycles. The molecule has 3 aromatic rings. The highest BCUT2D eigenvalue weighted by Crippen LogP contribution is 2.30. The molecule has 0 unspecified atom stereocenters. The number of piperidine rings is 1. The molecule has 0 saturated carbocycles. The lowest BCUT2D eigenvalue weighted by molar-refractivity contribution is 0.274. The van der Waals surface area contributed by atoms with Crippen LogP contribution in [0.4, 0.5) is 0 Å². The van der Waals surface area contributed by atoms with Crippen LogP contribution in [0, 0.1) is 6.92 Å². The Hall–Kier alpha value is -2.25. The maximum Gasteiger partial charge on any atom is 0.243 e. The summed E-state index contributed by atoms with van der Waals surface area (Å²) in [6, 6.07) is 11.3. The van der Waals surface area contributed by atoms with Crippen molar-refractivity contribution in [3.05, 3.63) is 54.0 Å². The molecule has 1 aliphatic heterocycles. The Bertz CT molecular complexity index is 1050. The molecule has 0 radical (unpaired) electrons. The summed E-state index contributed by atoms with van der Waals surface area (Å²) in [5.41, 5.74) is 2.91. The van der Waals surface area contributed by atoms with E-state index in [-0.39, 0.29) is 6.04 Å². The third-order valence-electron chi connectivity index (χ3n) is 5.38. The first-order valence-electron chi connectivity index (χ1n) is 9.39. The van der Waals surface area contributed by atoms with E-state index in [9.17, 15) is 8.42 Å². The van der Waals surface area contributed by atoms with Crippen LogP contribution < -0.4 is 0 Å². The lowest BCUT2D eigenvalue weighted by Gasteiger charge is -2.32. The van der Waals surface area contributed by atoms with Crippen LogP contribution in [0.15, 0.2) is 47.5 Å². The molecule has 0 bridgehead atoms. The van der Waals surface area contributed by atoms with Gasteiger partial charge in [-0.05, 0) is 56.0 Å². The molecule has 1 aromatic carbocycles. The van der Waals surface area contributed by atoms with Crippen LogP contribution in [0.2, 0.25) is 0 Å². The minimum Gasteiger partial charge on any atom is -0.310 e. The van der Waals surface area contributed by atoms with Crippen LogP contribution in [0.25, 0.3) is 11.2 Å². The van der Waals surface area contributed by atoms with Gasteiger partial charge in [-0.2, -0.15) is 4.31 Å². The quantitative estimate of drug-likeness (QED) is 0.692. The monoisotopic (exact) mass is 384 g/mol. The summed E-state index contributed by atoms with van der Waals surface area (Å²) >= 11 is 0. The van der Waals surface area contributed by atoms with Crippen molar-refractivity contribution in [3.63, 3.8) is 0 Å². The highest BCUT2D eigenvalue weighted by Gasteiger charge is 2.31. The zero-order chi connectivity index (χ0) is 19.0. The molecular formula is C20H24N4O2S. The molecule has 0 atom stereocenters. The molecular weight excluding hydrogens is 360 g/mol. The predicted molar refractivity (Wildman–Crippen MR) is 105 cm³/mol. The number of sulfonamides is 1. The van der Waals surface area contributed by atoms with Gasteiger partial charge in [0.05, 0.1) is 4.90 Å². The molecule has 2 aromatic heterocycles. The number of hydrogen-bond acceptors (Lipinski definition) is 4. The minimum atomic E-state index is -3.44. The SMILES string of the molecule is CCc1ccc(S(=O)(=O)N2CCC(n3c(C)nc4cccnc43)CC2)cc1. The summed E-state index contributed by atoms with van der Waals surface area (Å²) in [7, 11) is -3.44. The van der Waals surface area contributed by atoms with Gasteiger partial charge in [-0.1, -0.05) is 19.1 Å². The van der Waals surface area contributed by atoms with Crippen molar-refractivity contribution in [2.24, 2.45) is 0 Å². The zero-order valence-electron chi connectivity index (χ0n) is 15.7. The molecule has 4 rings (SSSR count). The van der Waals surface area contributed by atoms with Gasteiger partial charge in [-0.25, -0.2) is 18.4 Å². The number of aryl methyl sites for hydroxylation is 2. The fourth-order valence-electron chi connectivity index (χ4n) is 3.87. The molecule has 1 aliphatic rings. The Kier molecular flexibility index (Phi) is 4.74. The number of imidazole rings is 1. The smallest absolute Gasteiger partial charge is 0.243 e. The average Bonchev–Trinajstić information content (AvgIpc) is 3.04. The Balaban J connectivity index is 1.53. The van der Waals surface area contributed by atoms with Gasteiger partial charge < -0.3 is 4.57 Å². The van der Waals surface area contributed by atoms with Crippen molar-refractivity contribution >= 4 is 21.2 Å². The molecule has 7 heteroatoms. The van der Waals surface area contributed by atoms with Crippen molar-refractivity contribution < 1.29 is 8.42 Å². The summed E-state index contributed by atoms with van der Waals surface area (Å²) in [6.45, 7) is 5.06.